The number of ether oxygens (including phenoxy) is 1. The van der Waals surface area contributed by atoms with E-state index in [0.29, 0.717) is 48.4 Å². The number of hydrogen-bond acceptors (Lipinski definition) is 6. The largest absolute Gasteiger partial charge is 0.385 e. The van der Waals surface area contributed by atoms with E-state index in [2.05, 4.69) is 26.7 Å². The van der Waals surface area contributed by atoms with Crippen LogP contribution < -0.4 is 10.6 Å². The molecule has 0 saturated heterocycles. The third-order valence-electron chi connectivity index (χ3n) is 4.38. The first kappa shape index (κ1) is 18.8. The molecule has 2 aromatic rings. The number of methoxy groups -OCH3 is 1. The zero-order chi connectivity index (χ0) is 19.1. The van der Waals surface area contributed by atoms with Crippen LogP contribution in [-0.4, -0.2) is 42.7 Å². The summed E-state index contributed by atoms with van der Waals surface area (Å²) < 4.78 is 5.04. The highest BCUT2D eigenvalue weighted by atomic mass is 16.5. The molecule has 1 aliphatic carbocycles. The lowest BCUT2D eigenvalue weighted by molar-refractivity contribution is 0.0952. The average Bonchev–Trinajstić information content (AvgIpc) is 3.54. The summed E-state index contributed by atoms with van der Waals surface area (Å²) in [5, 5.41) is 15.1. The summed E-state index contributed by atoms with van der Waals surface area (Å²) in [6, 6.07) is 9.13. The van der Waals surface area contributed by atoms with E-state index in [0.717, 1.165) is 12.0 Å². The Labute approximate surface area is 158 Å². The second-order valence-corrected chi connectivity index (χ2v) is 6.57. The Morgan fingerprint density at radius 1 is 1.33 bits per heavy atom. The Morgan fingerprint density at radius 3 is 2.78 bits per heavy atom. The van der Waals surface area contributed by atoms with Gasteiger partial charge in [0.1, 0.15) is 0 Å². The Balaban J connectivity index is 1.83. The maximum Gasteiger partial charge on any atom is 0.255 e. The van der Waals surface area contributed by atoms with Crippen molar-refractivity contribution in [3.8, 4) is 17.3 Å². The van der Waals surface area contributed by atoms with Gasteiger partial charge in [0.15, 0.2) is 0 Å². The fourth-order valence-corrected chi connectivity index (χ4v) is 2.63. The Morgan fingerprint density at radius 2 is 2.11 bits per heavy atom. The molecule has 2 N–H and O–H groups in total. The molecular weight excluding hydrogens is 342 g/mol. The first-order valence-electron chi connectivity index (χ1n) is 9.10. The predicted octanol–water partition coefficient (Wildman–Crippen LogP) is 2.60. The van der Waals surface area contributed by atoms with Gasteiger partial charge in [-0.15, -0.1) is 0 Å². The van der Waals surface area contributed by atoms with Gasteiger partial charge in [0, 0.05) is 38.6 Å². The lowest BCUT2D eigenvalue weighted by atomic mass is 10.0. The molecule has 1 heterocycles. The maximum absolute atomic E-state index is 12.6. The zero-order valence-electron chi connectivity index (χ0n) is 15.4. The van der Waals surface area contributed by atoms with E-state index < -0.39 is 0 Å². The Bertz CT molecular complexity index is 825. The molecule has 1 aromatic carbocycles. The molecule has 7 nitrogen and oxygen atoms in total. The molecule has 7 heteroatoms. The van der Waals surface area contributed by atoms with Crippen LogP contribution in [-0.2, 0) is 4.74 Å². The van der Waals surface area contributed by atoms with E-state index in [1.165, 1.54) is 12.8 Å². The number of nitriles is 1. The van der Waals surface area contributed by atoms with Gasteiger partial charge in [0.2, 0.25) is 5.95 Å². The van der Waals surface area contributed by atoms with Gasteiger partial charge in [-0.1, -0.05) is 12.1 Å². The summed E-state index contributed by atoms with van der Waals surface area (Å²) in [7, 11) is 1.66. The highest BCUT2D eigenvalue weighted by molar-refractivity contribution is 5.99. The molecule has 1 amide bonds. The Hall–Kier alpha value is -2.98. The lowest BCUT2D eigenvalue weighted by Crippen LogP contribution is -2.26. The lowest BCUT2D eigenvalue weighted by Gasteiger charge is -2.12. The molecule has 0 radical (unpaired) electrons. The van der Waals surface area contributed by atoms with Crippen molar-refractivity contribution in [3.05, 3.63) is 41.6 Å². The van der Waals surface area contributed by atoms with Crippen LogP contribution in [0.3, 0.4) is 0 Å². The number of hydrogen-bond donors (Lipinski definition) is 2. The number of benzene rings is 1. The third kappa shape index (κ3) is 5.25. The van der Waals surface area contributed by atoms with Crippen molar-refractivity contribution in [2.45, 2.75) is 19.3 Å². The normalized spacial score (nSPS) is 13.0. The molecule has 1 aliphatic rings. The van der Waals surface area contributed by atoms with Crippen LogP contribution in [0.1, 0.15) is 35.2 Å². The van der Waals surface area contributed by atoms with Gasteiger partial charge in [-0.2, -0.15) is 5.26 Å². The van der Waals surface area contributed by atoms with E-state index >= 15 is 0 Å². The number of nitrogens with one attached hydrogen (secondary N) is 2. The highest BCUT2D eigenvalue weighted by Crippen LogP contribution is 2.28. The van der Waals surface area contributed by atoms with Crippen molar-refractivity contribution in [2.75, 3.05) is 32.1 Å². The summed E-state index contributed by atoms with van der Waals surface area (Å²) in [5.74, 6) is 0.881. The van der Waals surface area contributed by atoms with Crippen LogP contribution in [0.25, 0.3) is 11.3 Å². The fourth-order valence-electron chi connectivity index (χ4n) is 2.63. The third-order valence-corrected chi connectivity index (χ3v) is 4.38. The van der Waals surface area contributed by atoms with E-state index in [4.69, 9.17) is 10.00 Å². The van der Waals surface area contributed by atoms with Gasteiger partial charge in [-0.25, -0.2) is 9.97 Å². The number of carbonyl (C=O) groups is 1. The zero-order valence-corrected chi connectivity index (χ0v) is 15.4. The van der Waals surface area contributed by atoms with Gasteiger partial charge in [-0.3, -0.25) is 4.79 Å². The average molecular weight is 365 g/mol. The standard InChI is InChI=1S/C20H23N5O2/c1-27-10-2-9-22-20-24-13-17(19(26)23-12-15-3-4-15)18(25-20)16-7-5-14(11-21)6-8-16/h5-8,13,15H,2-4,9-10,12H2,1H3,(H,23,26)(H,22,24,25). The van der Waals surface area contributed by atoms with E-state index in [-0.39, 0.29) is 5.91 Å². The van der Waals surface area contributed by atoms with E-state index in [9.17, 15) is 4.79 Å². The number of anilines is 1. The molecular formula is C20H23N5O2. The van der Waals surface area contributed by atoms with Crippen molar-refractivity contribution < 1.29 is 9.53 Å². The highest BCUT2D eigenvalue weighted by Gasteiger charge is 2.23. The molecule has 1 fully saturated rings. The van der Waals surface area contributed by atoms with Crippen LogP contribution in [0.5, 0.6) is 0 Å². The van der Waals surface area contributed by atoms with Gasteiger partial charge in [0.05, 0.1) is 22.9 Å². The van der Waals surface area contributed by atoms with Crippen LogP contribution in [0, 0.1) is 17.2 Å². The molecule has 0 bridgehead atoms. The number of carbonyl (C=O) groups excluding carboxylic acids is 1. The minimum absolute atomic E-state index is 0.174. The molecule has 0 atom stereocenters. The van der Waals surface area contributed by atoms with E-state index in [1.54, 1.807) is 37.6 Å². The number of aromatic nitrogens is 2. The van der Waals surface area contributed by atoms with Gasteiger partial charge >= 0.3 is 0 Å². The molecule has 27 heavy (non-hydrogen) atoms. The molecule has 0 unspecified atom stereocenters. The van der Waals surface area contributed by atoms with Crippen molar-refractivity contribution >= 4 is 11.9 Å². The summed E-state index contributed by atoms with van der Waals surface area (Å²) >= 11 is 0. The van der Waals surface area contributed by atoms with Crippen LogP contribution in [0.2, 0.25) is 0 Å². The molecule has 3 rings (SSSR count). The quantitative estimate of drug-likeness (QED) is 0.663. The minimum atomic E-state index is -0.174. The van der Waals surface area contributed by atoms with Crippen molar-refractivity contribution in [1.29, 1.82) is 5.26 Å². The van der Waals surface area contributed by atoms with Crippen LogP contribution >= 0.6 is 0 Å². The maximum atomic E-state index is 12.6. The smallest absolute Gasteiger partial charge is 0.255 e. The number of nitrogens with zero attached hydrogens (tertiary/aromatic N) is 3. The van der Waals surface area contributed by atoms with Crippen molar-refractivity contribution in [3.63, 3.8) is 0 Å². The number of rotatable bonds is 9. The number of amides is 1. The monoisotopic (exact) mass is 365 g/mol. The van der Waals surface area contributed by atoms with Crippen molar-refractivity contribution in [1.82, 2.24) is 15.3 Å². The first-order chi connectivity index (χ1) is 13.2. The predicted molar refractivity (Wildman–Crippen MR) is 102 cm³/mol. The molecule has 140 valence electrons. The van der Waals surface area contributed by atoms with Gasteiger partial charge in [0.25, 0.3) is 5.91 Å². The van der Waals surface area contributed by atoms with Crippen molar-refractivity contribution in [2.24, 2.45) is 5.92 Å². The molecule has 0 aliphatic heterocycles. The van der Waals surface area contributed by atoms with Crippen LogP contribution in [0.4, 0.5) is 5.95 Å². The van der Waals surface area contributed by atoms with Gasteiger partial charge < -0.3 is 15.4 Å². The summed E-state index contributed by atoms with van der Waals surface area (Å²) in [5.41, 5.74) is 2.32. The molecule has 0 spiro atoms. The second kappa shape index (κ2) is 9.10. The minimum Gasteiger partial charge on any atom is -0.385 e. The topological polar surface area (TPSA) is 99.9 Å². The second-order valence-electron chi connectivity index (χ2n) is 6.57. The van der Waals surface area contributed by atoms with E-state index in [1.807, 2.05) is 0 Å². The summed E-state index contributed by atoms with van der Waals surface area (Å²) in [6.45, 7) is 2.01. The Kier molecular flexibility index (Phi) is 6.34. The summed E-state index contributed by atoms with van der Waals surface area (Å²) in [4.78, 5) is 21.5. The summed E-state index contributed by atoms with van der Waals surface area (Å²) in [6.07, 6.45) is 4.73. The molecule has 1 saturated carbocycles. The van der Waals surface area contributed by atoms with Crippen LogP contribution in [0.15, 0.2) is 30.5 Å². The van der Waals surface area contributed by atoms with Gasteiger partial charge in [-0.05, 0) is 37.3 Å². The SMILES string of the molecule is COCCCNc1ncc(C(=O)NCC2CC2)c(-c2ccc(C#N)cc2)n1. The fraction of sp³-hybridized carbons (Fsp3) is 0.400. The molecule has 1 aromatic heterocycles. The first-order valence-corrected chi connectivity index (χ1v) is 9.10.